The number of hydrogen-bond acceptors (Lipinski definition) is 5. The molecule has 2 heterocycles. The molecule has 1 aromatic carbocycles. The quantitative estimate of drug-likeness (QED) is 0.595. The molecule has 1 fully saturated rings. The maximum Gasteiger partial charge on any atom is 0.331 e. The maximum absolute atomic E-state index is 12.0. The van der Waals surface area contributed by atoms with Crippen molar-refractivity contribution in [1.82, 2.24) is 20.0 Å². The van der Waals surface area contributed by atoms with Crippen molar-refractivity contribution in [1.29, 1.82) is 0 Å². The topological polar surface area (TPSA) is 93.5 Å². The lowest BCUT2D eigenvalue weighted by Crippen LogP contribution is -2.37. The normalized spacial score (nSPS) is 13.8. The smallest absolute Gasteiger partial charge is 0.331 e. The SMILES string of the molecule is Cc1ccc(Cn2nc(C)c(/C=C/C(=O)OCC(=O)N3CCNC3=O)c2C)cc1. The Balaban J connectivity index is 1.60. The van der Waals surface area contributed by atoms with Crippen molar-refractivity contribution in [2.75, 3.05) is 19.7 Å². The summed E-state index contributed by atoms with van der Waals surface area (Å²) >= 11 is 0. The highest BCUT2D eigenvalue weighted by Crippen LogP contribution is 2.17. The van der Waals surface area contributed by atoms with Crippen LogP contribution in [0, 0.1) is 20.8 Å². The Kier molecular flexibility index (Phi) is 6.11. The molecule has 1 aliphatic heterocycles. The fourth-order valence-electron chi connectivity index (χ4n) is 3.09. The van der Waals surface area contributed by atoms with Crippen LogP contribution in [0.1, 0.15) is 28.1 Å². The van der Waals surface area contributed by atoms with Gasteiger partial charge in [0, 0.05) is 30.4 Å². The summed E-state index contributed by atoms with van der Waals surface area (Å²) in [4.78, 5) is 36.3. The van der Waals surface area contributed by atoms with Gasteiger partial charge in [0.15, 0.2) is 6.61 Å². The Hall–Kier alpha value is -3.42. The molecule has 3 rings (SSSR count). The van der Waals surface area contributed by atoms with Crippen LogP contribution in [0.2, 0.25) is 0 Å². The number of carbonyl (C=O) groups is 3. The molecule has 29 heavy (non-hydrogen) atoms. The van der Waals surface area contributed by atoms with Crippen molar-refractivity contribution in [3.05, 3.63) is 58.4 Å². The summed E-state index contributed by atoms with van der Waals surface area (Å²) in [7, 11) is 0. The van der Waals surface area contributed by atoms with Gasteiger partial charge >= 0.3 is 12.0 Å². The number of hydrogen-bond donors (Lipinski definition) is 1. The van der Waals surface area contributed by atoms with Crippen LogP contribution in [0.3, 0.4) is 0 Å². The van der Waals surface area contributed by atoms with E-state index < -0.39 is 24.5 Å². The molecular formula is C21H24N4O4. The molecule has 0 unspecified atom stereocenters. The molecule has 2 aromatic rings. The number of carbonyl (C=O) groups excluding carboxylic acids is 3. The number of nitrogens with one attached hydrogen (secondary N) is 1. The molecule has 0 radical (unpaired) electrons. The number of aromatic nitrogens is 2. The summed E-state index contributed by atoms with van der Waals surface area (Å²) < 4.78 is 6.84. The van der Waals surface area contributed by atoms with Gasteiger partial charge in [0.25, 0.3) is 5.91 Å². The zero-order valence-electron chi connectivity index (χ0n) is 16.8. The number of nitrogens with zero attached hydrogens (tertiary/aromatic N) is 3. The lowest BCUT2D eigenvalue weighted by atomic mass is 10.1. The minimum atomic E-state index is -0.650. The van der Waals surface area contributed by atoms with Gasteiger partial charge in [0.1, 0.15) is 0 Å². The molecule has 0 bridgehead atoms. The van der Waals surface area contributed by atoms with Crippen LogP contribution >= 0.6 is 0 Å². The second-order valence-corrected chi connectivity index (χ2v) is 6.95. The van der Waals surface area contributed by atoms with E-state index >= 15 is 0 Å². The van der Waals surface area contributed by atoms with Gasteiger partial charge in [-0.25, -0.2) is 9.59 Å². The second-order valence-electron chi connectivity index (χ2n) is 6.95. The third kappa shape index (κ3) is 4.90. The number of aryl methyl sites for hydroxylation is 2. The zero-order valence-corrected chi connectivity index (χ0v) is 16.8. The fourth-order valence-corrected chi connectivity index (χ4v) is 3.09. The molecule has 0 spiro atoms. The first-order valence-electron chi connectivity index (χ1n) is 9.37. The number of rotatable bonds is 6. The van der Waals surface area contributed by atoms with Crippen LogP contribution in [-0.4, -0.2) is 52.3 Å². The van der Waals surface area contributed by atoms with Crippen LogP contribution in [0.15, 0.2) is 30.3 Å². The molecule has 0 aliphatic carbocycles. The summed E-state index contributed by atoms with van der Waals surface area (Å²) in [5.41, 5.74) is 4.90. The number of imide groups is 1. The summed E-state index contributed by atoms with van der Waals surface area (Å²) in [5.74, 6) is -1.19. The molecule has 1 aromatic heterocycles. The van der Waals surface area contributed by atoms with Gasteiger partial charge < -0.3 is 10.1 Å². The van der Waals surface area contributed by atoms with E-state index in [1.54, 1.807) is 6.08 Å². The number of ether oxygens (including phenoxy) is 1. The molecule has 0 atom stereocenters. The summed E-state index contributed by atoms with van der Waals surface area (Å²) in [6.45, 7) is 6.71. The van der Waals surface area contributed by atoms with Crippen molar-refractivity contribution >= 4 is 24.0 Å². The molecule has 3 amide bonds. The van der Waals surface area contributed by atoms with Crippen molar-refractivity contribution < 1.29 is 19.1 Å². The van der Waals surface area contributed by atoms with Crippen molar-refractivity contribution in [2.45, 2.75) is 27.3 Å². The Morgan fingerprint density at radius 3 is 2.59 bits per heavy atom. The number of esters is 1. The summed E-state index contributed by atoms with van der Waals surface area (Å²) in [6, 6.07) is 7.79. The Morgan fingerprint density at radius 1 is 1.21 bits per heavy atom. The minimum Gasteiger partial charge on any atom is -0.452 e. The van der Waals surface area contributed by atoms with E-state index in [1.807, 2.05) is 25.5 Å². The van der Waals surface area contributed by atoms with Crippen molar-refractivity contribution in [3.63, 3.8) is 0 Å². The van der Waals surface area contributed by atoms with E-state index in [0.29, 0.717) is 13.1 Å². The van der Waals surface area contributed by atoms with Gasteiger partial charge in [0.05, 0.1) is 12.2 Å². The molecule has 1 saturated heterocycles. The van der Waals surface area contributed by atoms with Crippen LogP contribution < -0.4 is 5.32 Å². The van der Waals surface area contributed by atoms with Gasteiger partial charge in [-0.2, -0.15) is 5.10 Å². The van der Waals surface area contributed by atoms with Gasteiger partial charge in [-0.3, -0.25) is 14.4 Å². The highest BCUT2D eigenvalue weighted by molar-refractivity contribution is 5.97. The standard InChI is InChI=1S/C21H24N4O4/c1-14-4-6-17(7-5-14)12-25-16(3)18(15(2)23-25)8-9-20(27)29-13-19(26)24-11-10-22-21(24)28/h4-9H,10-13H2,1-3H3,(H,22,28)/b9-8+. The molecule has 8 nitrogen and oxygen atoms in total. The minimum absolute atomic E-state index is 0.281. The Morgan fingerprint density at radius 2 is 1.93 bits per heavy atom. The van der Waals surface area contributed by atoms with E-state index in [4.69, 9.17) is 4.74 Å². The monoisotopic (exact) mass is 396 g/mol. The lowest BCUT2D eigenvalue weighted by Gasteiger charge is -2.11. The number of benzene rings is 1. The van der Waals surface area contributed by atoms with Gasteiger partial charge in [0.2, 0.25) is 0 Å². The van der Waals surface area contributed by atoms with Crippen molar-refractivity contribution in [2.24, 2.45) is 0 Å². The summed E-state index contributed by atoms with van der Waals surface area (Å²) in [5, 5.41) is 7.07. The van der Waals surface area contributed by atoms with E-state index in [1.165, 1.54) is 11.6 Å². The van der Waals surface area contributed by atoms with Crippen molar-refractivity contribution in [3.8, 4) is 0 Å². The number of amides is 3. The maximum atomic E-state index is 12.0. The lowest BCUT2D eigenvalue weighted by molar-refractivity contribution is -0.146. The fraction of sp³-hybridized carbons (Fsp3) is 0.333. The zero-order chi connectivity index (χ0) is 21.0. The van der Waals surface area contributed by atoms with Gasteiger partial charge in [-0.05, 0) is 32.4 Å². The predicted octanol–water partition coefficient (Wildman–Crippen LogP) is 1.96. The second kappa shape index (κ2) is 8.72. The molecule has 8 heteroatoms. The van der Waals surface area contributed by atoms with E-state index in [-0.39, 0.29) is 6.54 Å². The Labute approximate surface area is 169 Å². The molecule has 1 N–H and O–H groups in total. The molecule has 1 aliphatic rings. The van der Waals surface area contributed by atoms with E-state index in [9.17, 15) is 14.4 Å². The number of urea groups is 1. The predicted molar refractivity (Wildman–Crippen MR) is 107 cm³/mol. The molecule has 152 valence electrons. The van der Waals surface area contributed by atoms with Crippen LogP contribution in [-0.2, 0) is 20.9 Å². The highest BCUT2D eigenvalue weighted by atomic mass is 16.5. The van der Waals surface area contributed by atoms with Crippen LogP contribution in [0.25, 0.3) is 6.08 Å². The van der Waals surface area contributed by atoms with Gasteiger partial charge in [-0.15, -0.1) is 0 Å². The highest BCUT2D eigenvalue weighted by Gasteiger charge is 2.26. The van der Waals surface area contributed by atoms with Crippen LogP contribution in [0.5, 0.6) is 0 Å². The average Bonchev–Trinajstić information content (AvgIpc) is 3.23. The molecule has 0 saturated carbocycles. The summed E-state index contributed by atoms with van der Waals surface area (Å²) in [6.07, 6.45) is 2.91. The average molecular weight is 396 g/mol. The first-order valence-corrected chi connectivity index (χ1v) is 9.37. The largest absolute Gasteiger partial charge is 0.452 e. The van der Waals surface area contributed by atoms with Crippen LogP contribution in [0.4, 0.5) is 4.79 Å². The van der Waals surface area contributed by atoms with E-state index in [2.05, 4.69) is 34.7 Å². The first kappa shape index (κ1) is 20.3. The third-order valence-electron chi connectivity index (χ3n) is 4.77. The van der Waals surface area contributed by atoms with Gasteiger partial charge in [-0.1, -0.05) is 29.8 Å². The first-order chi connectivity index (χ1) is 13.8. The third-order valence-corrected chi connectivity index (χ3v) is 4.77. The molecular weight excluding hydrogens is 372 g/mol. The van der Waals surface area contributed by atoms with E-state index in [0.717, 1.165) is 27.4 Å². The Bertz CT molecular complexity index is 960.